The molecule has 32 heavy (non-hydrogen) atoms. The molecule has 1 heterocycles. The summed E-state index contributed by atoms with van der Waals surface area (Å²) >= 11 is 0. The van der Waals surface area contributed by atoms with E-state index in [0.29, 0.717) is 53.8 Å². The molecule has 1 aliphatic rings. The number of hydrogen-bond donors (Lipinski definition) is 1. The molecule has 2 aromatic carbocycles. The zero-order valence-corrected chi connectivity index (χ0v) is 19.0. The summed E-state index contributed by atoms with van der Waals surface area (Å²) in [7, 11) is 6.19. The van der Waals surface area contributed by atoms with Gasteiger partial charge in [0.15, 0.2) is 23.0 Å². The van der Waals surface area contributed by atoms with Crippen LogP contribution in [-0.2, 0) is 11.2 Å². The van der Waals surface area contributed by atoms with Crippen molar-refractivity contribution < 1.29 is 28.5 Å². The highest BCUT2D eigenvalue weighted by Crippen LogP contribution is 2.35. The minimum Gasteiger partial charge on any atom is -0.493 e. The van der Waals surface area contributed by atoms with E-state index < -0.39 is 0 Å². The molecule has 8 nitrogen and oxygen atoms in total. The van der Waals surface area contributed by atoms with Crippen molar-refractivity contribution >= 4 is 17.5 Å². The quantitative estimate of drug-likeness (QED) is 0.639. The first-order valence-corrected chi connectivity index (χ1v) is 10.6. The number of nitrogens with zero attached hydrogens (tertiary/aromatic N) is 1. The number of carbonyl (C=O) groups excluding carboxylic acids is 2. The van der Waals surface area contributed by atoms with Crippen molar-refractivity contribution in [3.05, 3.63) is 41.5 Å². The number of aryl methyl sites for hydroxylation is 1. The molecule has 172 valence electrons. The molecule has 0 radical (unpaired) electrons. The lowest BCUT2D eigenvalue weighted by Crippen LogP contribution is -2.29. The van der Waals surface area contributed by atoms with Gasteiger partial charge in [-0.1, -0.05) is 6.07 Å². The highest BCUT2D eigenvalue weighted by molar-refractivity contribution is 6.04. The molecule has 0 bridgehead atoms. The van der Waals surface area contributed by atoms with Crippen molar-refractivity contribution in [3.8, 4) is 23.0 Å². The fourth-order valence-corrected chi connectivity index (χ4v) is 3.76. The van der Waals surface area contributed by atoms with Gasteiger partial charge in [-0.25, -0.2) is 0 Å². The predicted octanol–water partition coefficient (Wildman–Crippen LogP) is 3.53. The maximum absolute atomic E-state index is 13.1. The number of hydrogen-bond acceptors (Lipinski definition) is 6. The van der Waals surface area contributed by atoms with E-state index in [0.717, 1.165) is 18.4 Å². The third-order valence-electron chi connectivity index (χ3n) is 5.51. The zero-order valence-electron chi connectivity index (χ0n) is 19.0. The number of nitrogens with one attached hydrogen (secondary N) is 1. The van der Waals surface area contributed by atoms with Crippen LogP contribution in [0.4, 0.5) is 5.69 Å². The van der Waals surface area contributed by atoms with Crippen molar-refractivity contribution in [2.75, 3.05) is 46.8 Å². The van der Waals surface area contributed by atoms with Gasteiger partial charge in [0.25, 0.3) is 5.91 Å². The monoisotopic (exact) mass is 442 g/mol. The van der Waals surface area contributed by atoms with Gasteiger partial charge in [-0.15, -0.1) is 0 Å². The molecule has 2 aromatic rings. The number of rotatable bonds is 9. The minimum atomic E-state index is -0.206. The normalized spacial score (nSPS) is 12.9. The first-order chi connectivity index (χ1) is 15.5. The van der Waals surface area contributed by atoms with E-state index >= 15 is 0 Å². The smallest absolute Gasteiger partial charge is 0.256 e. The van der Waals surface area contributed by atoms with E-state index in [9.17, 15) is 9.59 Å². The molecule has 0 saturated carbocycles. The van der Waals surface area contributed by atoms with E-state index in [1.807, 2.05) is 18.2 Å². The van der Waals surface area contributed by atoms with Crippen molar-refractivity contribution in [2.45, 2.75) is 25.7 Å². The molecule has 0 atom stereocenters. The number of methoxy groups -OCH3 is 4. The lowest BCUT2D eigenvalue weighted by atomic mass is 10.1. The van der Waals surface area contributed by atoms with E-state index in [1.54, 1.807) is 31.3 Å². The second-order valence-corrected chi connectivity index (χ2v) is 7.49. The Bertz CT molecular complexity index is 969. The van der Waals surface area contributed by atoms with Crippen LogP contribution in [0.5, 0.6) is 23.0 Å². The Morgan fingerprint density at radius 1 is 0.844 bits per heavy atom. The third kappa shape index (κ3) is 5.25. The topological polar surface area (TPSA) is 86.3 Å². The van der Waals surface area contributed by atoms with Crippen LogP contribution in [0.15, 0.2) is 30.3 Å². The Morgan fingerprint density at radius 2 is 1.44 bits per heavy atom. The first-order valence-electron chi connectivity index (χ1n) is 10.6. The molecule has 1 saturated heterocycles. The van der Waals surface area contributed by atoms with Gasteiger partial charge in [0.05, 0.1) is 39.7 Å². The summed E-state index contributed by atoms with van der Waals surface area (Å²) < 4.78 is 21.3. The van der Waals surface area contributed by atoms with Crippen LogP contribution in [0, 0.1) is 0 Å². The number of benzene rings is 2. The molecule has 8 heteroatoms. The Balaban J connectivity index is 1.77. The average Bonchev–Trinajstić information content (AvgIpc) is 3.36. The predicted molar refractivity (Wildman–Crippen MR) is 121 cm³/mol. The van der Waals surface area contributed by atoms with Crippen molar-refractivity contribution in [2.24, 2.45) is 0 Å². The lowest BCUT2D eigenvalue weighted by Gasteiger charge is -2.20. The molecule has 1 N–H and O–H groups in total. The number of ether oxygens (including phenoxy) is 4. The number of amides is 2. The van der Waals surface area contributed by atoms with Gasteiger partial charge >= 0.3 is 0 Å². The standard InChI is InChI=1S/C24H30N2O6/c1-29-19-9-7-16(13-20(19)30-2)8-10-23(27)25-18-15-22(32-4)21(31-3)14-17(18)24(28)26-11-5-6-12-26/h7,9,13-15H,5-6,8,10-12H2,1-4H3,(H,25,27). The van der Waals surface area contributed by atoms with Crippen molar-refractivity contribution in [3.63, 3.8) is 0 Å². The second kappa shape index (κ2) is 10.7. The van der Waals surface area contributed by atoms with Crippen LogP contribution >= 0.6 is 0 Å². The largest absolute Gasteiger partial charge is 0.493 e. The van der Waals surface area contributed by atoms with Gasteiger partial charge < -0.3 is 29.2 Å². The maximum atomic E-state index is 13.1. The van der Waals surface area contributed by atoms with Crippen LogP contribution in [0.2, 0.25) is 0 Å². The summed E-state index contributed by atoms with van der Waals surface area (Å²) in [5.74, 6) is 1.81. The molecule has 0 spiro atoms. The Labute approximate surface area is 188 Å². The van der Waals surface area contributed by atoms with Gasteiger partial charge in [0.1, 0.15) is 0 Å². The van der Waals surface area contributed by atoms with Crippen LogP contribution in [-0.4, -0.2) is 58.2 Å². The summed E-state index contributed by atoms with van der Waals surface area (Å²) in [6, 6.07) is 8.82. The lowest BCUT2D eigenvalue weighted by molar-refractivity contribution is -0.116. The van der Waals surface area contributed by atoms with Gasteiger partial charge in [-0.3, -0.25) is 9.59 Å². The molecular formula is C24H30N2O6. The molecule has 1 aliphatic heterocycles. The van der Waals surface area contributed by atoms with E-state index in [2.05, 4.69) is 5.32 Å². The summed E-state index contributed by atoms with van der Waals surface area (Å²) in [6.07, 6.45) is 2.70. The highest BCUT2D eigenvalue weighted by atomic mass is 16.5. The molecule has 1 fully saturated rings. The van der Waals surface area contributed by atoms with Gasteiger partial charge in [-0.05, 0) is 43.0 Å². The van der Waals surface area contributed by atoms with E-state index in [4.69, 9.17) is 18.9 Å². The molecule has 0 aliphatic carbocycles. The highest BCUT2D eigenvalue weighted by Gasteiger charge is 2.25. The number of carbonyl (C=O) groups is 2. The molecule has 2 amide bonds. The molecule has 0 unspecified atom stereocenters. The van der Waals surface area contributed by atoms with Gasteiger partial charge in [0, 0.05) is 25.6 Å². The third-order valence-corrected chi connectivity index (χ3v) is 5.51. The number of likely N-dealkylation sites (tertiary alicyclic amines) is 1. The van der Waals surface area contributed by atoms with Gasteiger partial charge in [0.2, 0.25) is 5.91 Å². The zero-order chi connectivity index (χ0) is 23.1. The molecule has 0 aromatic heterocycles. The van der Waals surface area contributed by atoms with E-state index in [-0.39, 0.29) is 18.2 Å². The summed E-state index contributed by atoms with van der Waals surface area (Å²) in [4.78, 5) is 27.6. The fourth-order valence-electron chi connectivity index (χ4n) is 3.76. The Hall–Kier alpha value is -3.42. The number of anilines is 1. The van der Waals surface area contributed by atoms with Crippen LogP contribution in [0.25, 0.3) is 0 Å². The molecular weight excluding hydrogens is 412 g/mol. The summed E-state index contributed by atoms with van der Waals surface area (Å²) in [5, 5.41) is 2.88. The van der Waals surface area contributed by atoms with Crippen LogP contribution in [0.1, 0.15) is 35.2 Å². The van der Waals surface area contributed by atoms with Crippen molar-refractivity contribution in [1.82, 2.24) is 4.90 Å². The van der Waals surface area contributed by atoms with Crippen LogP contribution < -0.4 is 24.3 Å². The summed E-state index contributed by atoms with van der Waals surface area (Å²) in [5.41, 5.74) is 1.75. The van der Waals surface area contributed by atoms with Crippen molar-refractivity contribution in [1.29, 1.82) is 0 Å². The Kier molecular flexibility index (Phi) is 7.81. The SMILES string of the molecule is COc1ccc(CCC(=O)Nc2cc(OC)c(OC)cc2C(=O)N2CCCC2)cc1OC. The van der Waals surface area contributed by atoms with Crippen LogP contribution in [0.3, 0.4) is 0 Å². The average molecular weight is 443 g/mol. The molecule has 3 rings (SSSR count). The Morgan fingerprint density at radius 3 is 2.06 bits per heavy atom. The second-order valence-electron chi connectivity index (χ2n) is 7.49. The maximum Gasteiger partial charge on any atom is 0.256 e. The summed E-state index contributed by atoms with van der Waals surface area (Å²) in [6.45, 7) is 1.42. The fraction of sp³-hybridized carbons (Fsp3) is 0.417. The minimum absolute atomic E-state index is 0.126. The first kappa shape index (κ1) is 23.2. The van der Waals surface area contributed by atoms with Gasteiger partial charge in [-0.2, -0.15) is 0 Å². The van der Waals surface area contributed by atoms with E-state index in [1.165, 1.54) is 14.2 Å².